The number of carboxylic acids is 1. The van der Waals surface area contributed by atoms with Gasteiger partial charge >= 0.3 is 5.97 Å². The number of carbonyl (C=O) groups excluding carboxylic acids is 1. The molecule has 0 fully saturated rings. The highest BCUT2D eigenvalue weighted by Gasteiger charge is 2.17. The number of carboxylic acid groups (broad SMARTS) is 1. The number of thioether (sulfide) groups is 1. The Balaban J connectivity index is 3.65. The summed E-state index contributed by atoms with van der Waals surface area (Å²) in [5, 5.41) is 19.5. The van der Waals surface area contributed by atoms with E-state index in [-0.39, 0.29) is 5.91 Å². The summed E-state index contributed by atoms with van der Waals surface area (Å²) in [7, 11) is 0. The first kappa shape index (κ1) is 14.8. The highest BCUT2D eigenvalue weighted by molar-refractivity contribution is 7.99. The number of rotatable bonds is 8. The largest absolute Gasteiger partial charge is 0.480 e. The lowest BCUT2D eigenvalue weighted by Gasteiger charge is -2.12. The van der Waals surface area contributed by atoms with Crippen LogP contribution in [0.5, 0.6) is 0 Å². The molecule has 6 heteroatoms. The van der Waals surface area contributed by atoms with E-state index in [4.69, 9.17) is 10.4 Å². The van der Waals surface area contributed by atoms with Crippen molar-refractivity contribution in [1.82, 2.24) is 5.32 Å². The molecule has 0 saturated heterocycles. The zero-order valence-electron chi connectivity index (χ0n) is 9.23. The number of unbranched alkanes of at least 4 members (excludes halogenated alkanes) is 2. The zero-order chi connectivity index (χ0) is 12.4. The Morgan fingerprint density at radius 3 is 2.69 bits per heavy atom. The maximum atomic E-state index is 10.7. The summed E-state index contributed by atoms with van der Waals surface area (Å²) in [6.45, 7) is 1.30. The highest BCUT2D eigenvalue weighted by Crippen LogP contribution is 2.08. The number of hydrogen-bond acceptors (Lipinski definition) is 4. The van der Waals surface area contributed by atoms with Gasteiger partial charge in [0.2, 0.25) is 5.91 Å². The standard InChI is InChI=1S/C10H16N2O3S/c1-8(13)12-9(10(14)15)7-16-6-4-2-3-5-11/h9H,2-4,6-7H2,1H3,(H,12,13)(H,14,15)/t9-/m0/s1. The summed E-state index contributed by atoms with van der Waals surface area (Å²) < 4.78 is 0. The average Bonchev–Trinajstić information content (AvgIpc) is 2.20. The minimum atomic E-state index is -1.01. The van der Waals surface area contributed by atoms with Gasteiger partial charge in [0, 0.05) is 19.1 Å². The van der Waals surface area contributed by atoms with Gasteiger partial charge in [0.15, 0.2) is 0 Å². The van der Waals surface area contributed by atoms with Crippen molar-refractivity contribution in [3.05, 3.63) is 0 Å². The van der Waals surface area contributed by atoms with E-state index in [1.54, 1.807) is 0 Å². The smallest absolute Gasteiger partial charge is 0.327 e. The van der Waals surface area contributed by atoms with Crippen molar-refractivity contribution in [2.45, 2.75) is 32.2 Å². The van der Waals surface area contributed by atoms with E-state index in [1.807, 2.05) is 0 Å². The molecule has 0 bridgehead atoms. The second-order valence-electron chi connectivity index (χ2n) is 3.28. The van der Waals surface area contributed by atoms with E-state index in [9.17, 15) is 9.59 Å². The quantitative estimate of drug-likeness (QED) is 0.622. The summed E-state index contributed by atoms with van der Waals surface area (Å²) in [6.07, 6.45) is 2.26. The van der Waals surface area contributed by atoms with Crippen LogP contribution in [0, 0.1) is 11.3 Å². The van der Waals surface area contributed by atoms with Crippen molar-refractivity contribution in [1.29, 1.82) is 5.26 Å². The number of hydrogen-bond donors (Lipinski definition) is 2. The van der Waals surface area contributed by atoms with Crippen molar-refractivity contribution >= 4 is 23.6 Å². The molecule has 0 rings (SSSR count). The number of amides is 1. The van der Waals surface area contributed by atoms with Crippen LogP contribution >= 0.6 is 11.8 Å². The molecule has 1 atom stereocenters. The van der Waals surface area contributed by atoms with Crippen LogP contribution in [0.25, 0.3) is 0 Å². The third-order valence-corrected chi connectivity index (χ3v) is 2.93. The summed E-state index contributed by atoms with van der Waals surface area (Å²) in [5.41, 5.74) is 0. The van der Waals surface area contributed by atoms with E-state index in [2.05, 4.69) is 11.4 Å². The second kappa shape index (κ2) is 9.04. The fraction of sp³-hybridized carbons (Fsp3) is 0.700. The SMILES string of the molecule is CC(=O)N[C@@H](CSCCCCC#N)C(=O)O. The lowest BCUT2D eigenvalue weighted by molar-refractivity contribution is -0.140. The Hall–Kier alpha value is -1.22. The molecule has 0 aromatic heterocycles. The number of carbonyl (C=O) groups is 2. The fourth-order valence-corrected chi connectivity index (χ4v) is 2.07. The van der Waals surface area contributed by atoms with Crippen LogP contribution in [-0.4, -0.2) is 34.5 Å². The van der Waals surface area contributed by atoms with Crippen LogP contribution < -0.4 is 5.32 Å². The average molecular weight is 244 g/mol. The predicted molar refractivity (Wildman–Crippen MR) is 62.0 cm³/mol. The van der Waals surface area contributed by atoms with E-state index >= 15 is 0 Å². The van der Waals surface area contributed by atoms with Gasteiger partial charge in [-0.05, 0) is 18.6 Å². The summed E-state index contributed by atoms with van der Waals surface area (Å²) in [6, 6.07) is 1.23. The minimum Gasteiger partial charge on any atom is -0.480 e. The molecular weight excluding hydrogens is 228 g/mol. The van der Waals surface area contributed by atoms with E-state index in [0.717, 1.165) is 18.6 Å². The van der Waals surface area contributed by atoms with Crippen molar-refractivity contribution in [3.63, 3.8) is 0 Å². The Bertz CT molecular complexity index is 276. The molecule has 0 spiro atoms. The van der Waals surface area contributed by atoms with E-state index < -0.39 is 12.0 Å². The molecule has 0 aliphatic carbocycles. The molecule has 16 heavy (non-hydrogen) atoms. The third kappa shape index (κ3) is 8.12. The molecule has 2 N–H and O–H groups in total. The van der Waals surface area contributed by atoms with Gasteiger partial charge < -0.3 is 10.4 Å². The molecule has 1 amide bonds. The van der Waals surface area contributed by atoms with Crippen LogP contribution in [-0.2, 0) is 9.59 Å². The van der Waals surface area contributed by atoms with Crippen LogP contribution in [0.1, 0.15) is 26.2 Å². The lowest BCUT2D eigenvalue weighted by Crippen LogP contribution is -2.41. The maximum absolute atomic E-state index is 10.7. The van der Waals surface area contributed by atoms with Gasteiger partial charge in [-0.3, -0.25) is 4.79 Å². The zero-order valence-corrected chi connectivity index (χ0v) is 10.0. The third-order valence-electron chi connectivity index (χ3n) is 1.79. The van der Waals surface area contributed by atoms with Crippen LogP contribution in [0.4, 0.5) is 0 Å². The van der Waals surface area contributed by atoms with Crippen LogP contribution in [0.3, 0.4) is 0 Å². The normalized spacial score (nSPS) is 11.5. The molecule has 5 nitrogen and oxygen atoms in total. The number of nitrogens with zero attached hydrogens (tertiary/aromatic N) is 1. The first-order valence-corrected chi connectivity index (χ1v) is 6.18. The van der Waals surface area contributed by atoms with Gasteiger partial charge in [-0.1, -0.05) is 0 Å². The van der Waals surface area contributed by atoms with Crippen LogP contribution in [0.15, 0.2) is 0 Å². The minimum absolute atomic E-state index is 0.336. The molecule has 0 aliphatic rings. The molecule has 0 aromatic carbocycles. The first-order valence-electron chi connectivity index (χ1n) is 5.02. The van der Waals surface area contributed by atoms with E-state index in [1.165, 1.54) is 18.7 Å². The Morgan fingerprint density at radius 2 is 2.19 bits per heavy atom. The lowest BCUT2D eigenvalue weighted by atomic mass is 10.3. The van der Waals surface area contributed by atoms with E-state index in [0.29, 0.717) is 12.2 Å². The van der Waals surface area contributed by atoms with Gasteiger partial charge in [0.05, 0.1) is 6.07 Å². The van der Waals surface area contributed by atoms with Gasteiger partial charge in [-0.25, -0.2) is 4.79 Å². The van der Waals surface area contributed by atoms with Gasteiger partial charge in [0.25, 0.3) is 0 Å². The van der Waals surface area contributed by atoms with Crippen molar-refractivity contribution in [3.8, 4) is 6.07 Å². The van der Waals surface area contributed by atoms with Gasteiger partial charge in [-0.2, -0.15) is 17.0 Å². The Labute approximate surface area is 99.2 Å². The van der Waals surface area contributed by atoms with Crippen LogP contribution in [0.2, 0.25) is 0 Å². The molecule has 0 aliphatic heterocycles. The van der Waals surface area contributed by atoms with Gasteiger partial charge in [-0.15, -0.1) is 0 Å². The molecule has 0 aromatic rings. The summed E-state index contributed by atoms with van der Waals surface area (Å²) >= 11 is 1.48. The molecule has 0 unspecified atom stereocenters. The monoisotopic (exact) mass is 244 g/mol. The fourth-order valence-electron chi connectivity index (χ4n) is 1.03. The highest BCUT2D eigenvalue weighted by atomic mass is 32.2. The number of nitrogens with one attached hydrogen (secondary N) is 1. The maximum Gasteiger partial charge on any atom is 0.327 e. The van der Waals surface area contributed by atoms with Crippen molar-refractivity contribution in [2.75, 3.05) is 11.5 Å². The molecule has 0 radical (unpaired) electrons. The first-order chi connectivity index (χ1) is 7.57. The van der Waals surface area contributed by atoms with Crippen molar-refractivity contribution < 1.29 is 14.7 Å². The second-order valence-corrected chi connectivity index (χ2v) is 4.43. The number of aliphatic carboxylic acids is 1. The van der Waals surface area contributed by atoms with Crippen molar-refractivity contribution in [2.24, 2.45) is 0 Å². The Kier molecular flexibility index (Phi) is 8.35. The molecule has 0 heterocycles. The Morgan fingerprint density at radius 1 is 1.50 bits per heavy atom. The molecular formula is C10H16N2O3S. The number of nitriles is 1. The predicted octanol–water partition coefficient (Wildman–Crippen LogP) is 1.00. The van der Waals surface area contributed by atoms with Gasteiger partial charge in [0.1, 0.15) is 6.04 Å². The molecule has 90 valence electrons. The summed E-state index contributed by atoms with van der Waals surface area (Å²) in [5.74, 6) is -0.177. The topological polar surface area (TPSA) is 90.2 Å². The summed E-state index contributed by atoms with van der Waals surface area (Å²) in [4.78, 5) is 21.4. The molecule has 0 saturated carbocycles.